The molecule has 0 aliphatic rings. The van der Waals surface area contributed by atoms with E-state index in [9.17, 15) is 18.0 Å². The van der Waals surface area contributed by atoms with Gasteiger partial charge in [0.1, 0.15) is 0 Å². The highest BCUT2D eigenvalue weighted by Crippen LogP contribution is 2.23. The first kappa shape index (κ1) is 24.9. The van der Waals surface area contributed by atoms with E-state index in [0.29, 0.717) is 28.3 Å². The van der Waals surface area contributed by atoms with E-state index in [-0.39, 0.29) is 22.1 Å². The van der Waals surface area contributed by atoms with Crippen molar-refractivity contribution >= 4 is 44.3 Å². The molecule has 10 heteroatoms. The number of nitrogens with one attached hydrogen (secondary N) is 1. The zero-order chi connectivity index (χ0) is 24.2. The lowest BCUT2D eigenvalue weighted by Gasteiger charge is -2.15. The minimum atomic E-state index is -3.62. The minimum absolute atomic E-state index is 0.0288. The number of aromatic nitrogens is 2. The van der Waals surface area contributed by atoms with Crippen LogP contribution in [0.1, 0.15) is 25.3 Å². The molecule has 0 unspecified atom stereocenters. The lowest BCUT2D eigenvalue weighted by Crippen LogP contribution is -2.24. The Morgan fingerprint density at radius 2 is 1.91 bits per heavy atom. The van der Waals surface area contributed by atoms with Crippen LogP contribution in [0.15, 0.2) is 57.3 Å². The number of rotatable bonds is 9. The van der Waals surface area contributed by atoms with Gasteiger partial charge in [0.05, 0.1) is 21.6 Å². The molecule has 1 amide bonds. The van der Waals surface area contributed by atoms with E-state index in [1.54, 1.807) is 29.7 Å². The van der Waals surface area contributed by atoms with Gasteiger partial charge in [0, 0.05) is 26.3 Å². The first-order valence-corrected chi connectivity index (χ1v) is 13.0. The minimum Gasteiger partial charge on any atom is -0.325 e. The molecule has 1 N–H and O–H groups in total. The van der Waals surface area contributed by atoms with Crippen molar-refractivity contribution in [1.82, 2.24) is 13.9 Å². The van der Waals surface area contributed by atoms with Crippen molar-refractivity contribution in [3.05, 3.63) is 58.4 Å². The summed E-state index contributed by atoms with van der Waals surface area (Å²) in [5.41, 5.74) is 1.65. The number of sulfonamides is 1. The molecule has 0 radical (unpaired) electrons. The number of fused-ring (bicyclic) bond motifs is 1. The second-order valence-electron chi connectivity index (χ2n) is 7.82. The maximum Gasteiger partial charge on any atom is 0.262 e. The Hall–Kier alpha value is -2.69. The summed E-state index contributed by atoms with van der Waals surface area (Å²) in [7, 11) is -0.704. The number of carbonyl (C=O) groups is 1. The summed E-state index contributed by atoms with van der Waals surface area (Å²) in [5, 5.41) is 3.83. The maximum absolute atomic E-state index is 13.0. The molecule has 0 aliphatic heterocycles. The average Bonchev–Trinajstić information content (AvgIpc) is 2.78. The summed E-state index contributed by atoms with van der Waals surface area (Å²) in [6.07, 6.45) is 1.75. The summed E-state index contributed by atoms with van der Waals surface area (Å²) in [6.45, 7) is 4.37. The Kier molecular flexibility index (Phi) is 7.93. The summed E-state index contributed by atoms with van der Waals surface area (Å²) in [5.74, 6) is -0.284. The molecule has 1 aromatic heterocycles. The number of unbranched alkanes of at least 4 members (excludes halogenated alkanes) is 1. The van der Waals surface area contributed by atoms with Crippen LogP contribution in [0.25, 0.3) is 10.9 Å². The van der Waals surface area contributed by atoms with Crippen LogP contribution in [0, 0.1) is 6.92 Å². The highest BCUT2D eigenvalue weighted by molar-refractivity contribution is 7.99. The van der Waals surface area contributed by atoms with Crippen LogP contribution in [-0.2, 0) is 21.4 Å². The summed E-state index contributed by atoms with van der Waals surface area (Å²) < 4.78 is 27.6. The fourth-order valence-electron chi connectivity index (χ4n) is 3.19. The van der Waals surface area contributed by atoms with Gasteiger partial charge in [-0.3, -0.25) is 14.2 Å². The predicted octanol–water partition coefficient (Wildman–Crippen LogP) is 3.49. The van der Waals surface area contributed by atoms with E-state index in [4.69, 9.17) is 0 Å². The zero-order valence-corrected chi connectivity index (χ0v) is 20.8. The molecule has 0 fully saturated rings. The normalized spacial score (nSPS) is 11.8. The van der Waals surface area contributed by atoms with E-state index >= 15 is 0 Å². The molecule has 0 bridgehead atoms. The molecule has 0 atom stereocenters. The number of benzene rings is 2. The number of amides is 1. The van der Waals surface area contributed by atoms with Gasteiger partial charge in [-0.2, -0.15) is 0 Å². The van der Waals surface area contributed by atoms with Crippen LogP contribution < -0.4 is 10.9 Å². The lowest BCUT2D eigenvalue weighted by molar-refractivity contribution is -0.113. The third-order valence-corrected chi connectivity index (χ3v) is 7.94. The Morgan fingerprint density at radius 3 is 2.61 bits per heavy atom. The first-order valence-electron chi connectivity index (χ1n) is 10.6. The fraction of sp³-hybridized carbons (Fsp3) is 0.348. The summed E-state index contributed by atoms with van der Waals surface area (Å²) in [4.78, 5) is 30.4. The number of carbonyl (C=O) groups excluding carboxylic acids is 1. The van der Waals surface area contributed by atoms with E-state index in [1.165, 1.54) is 38.0 Å². The van der Waals surface area contributed by atoms with Crippen LogP contribution in [0.4, 0.5) is 5.69 Å². The van der Waals surface area contributed by atoms with Gasteiger partial charge in [-0.25, -0.2) is 17.7 Å². The topological polar surface area (TPSA) is 101 Å². The number of thioether (sulfide) groups is 1. The molecule has 0 aliphatic carbocycles. The molecule has 0 spiro atoms. The van der Waals surface area contributed by atoms with Gasteiger partial charge in [0.2, 0.25) is 15.9 Å². The highest BCUT2D eigenvalue weighted by atomic mass is 32.2. The maximum atomic E-state index is 13.0. The monoisotopic (exact) mass is 488 g/mol. The van der Waals surface area contributed by atoms with Gasteiger partial charge in [-0.1, -0.05) is 43.3 Å². The van der Waals surface area contributed by atoms with Crippen molar-refractivity contribution in [3.63, 3.8) is 0 Å². The second kappa shape index (κ2) is 10.5. The molecule has 3 aromatic rings. The number of anilines is 1. The third kappa shape index (κ3) is 5.63. The van der Waals surface area contributed by atoms with Gasteiger partial charge in [0.15, 0.2) is 5.16 Å². The van der Waals surface area contributed by atoms with Gasteiger partial charge in [-0.15, -0.1) is 0 Å². The molecule has 3 rings (SSSR count). The third-order valence-electron chi connectivity index (χ3n) is 5.16. The number of hydrogen-bond donors (Lipinski definition) is 1. The Morgan fingerprint density at radius 1 is 1.18 bits per heavy atom. The van der Waals surface area contributed by atoms with E-state index < -0.39 is 10.0 Å². The van der Waals surface area contributed by atoms with Crippen molar-refractivity contribution in [3.8, 4) is 0 Å². The standard InChI is InChI=1S/C23H28N4O4S2/c1-5-6-13-27-22(29)18-9-7-8-10-19(18)25-23(27)32-15-21(28)24-20-14-17(12-11-16(20)2)33(30,31)26(3)4/h7-12,14H,5-6,13,15H2,1-4H3,(H,24,28). The first-order chi connectivity index (χ1) is 15.6. The number of hydrogen-bond acceptors (Lipinski definition) is 6. The van der Waals surface area contributed by atoms with Crippen LogP contribution in [0.2, 0.25) is 0 Å². The predicted molar refractivity (Wildman–Crippen MR) is 132 cm³/mol. The van der Waals surface area contributed by atoms with E-state index in [2.05, 4.69) is 10.3 Å². The molecule has 33 heavy (non-hydrogen) atoms. The molecule has 0 saturated carbocycles. The van der Waals surface area contributed by atoms with Crippen LogP contribution in [0.3, 0.4) is 0 Å². The number of para-hydroxylation sites is 1. The molecule has 2 aromatic carbocycles. The number of aryl methyl sites for hydroxylation is 1. The van der Waals surface area contributed by atoms with Crippen molar-refractivity contribution in [2.24, 2.45) is 0 Å². The van der Waals surface area contributed by atoms with Crippen molar-refractivity contribution < 1.29 is 13.2 Å². The Bertz CT molecular complexity index is 1330. The van der Waals surface area contributed by atoms with Crippen LogP contribution in [-0.4, -0.2) is 48.0 Å². The molecule has 176 valence electrons. The van der Waals surface area contributed by atoms with E-state index in [0.717, 1.165) is 22.7 Å². The Labute approximate surface area is 198 Å². The van der Waals surface area contributed by atoms with Gasteiger partial charge in [0.25, 0.3) is 5.56 Å². The second-order valence-corrected chi connectivity index (χ2v) is 10.9. The van der Waals surface area contributed by atoms with Gasteiger partial charge >= 0.3 is 0 Å². The summed E-state index contributed by atoms with van der Waals surface area (Å²) >= 11 is 1.19. The zero-order valence-electron chi connectivity index (χ0n) is 19.2. The quantitative estimate of drug-likeness (QED) is 0.366. The van der Waals surface area contributed by atoms with Crippen molar-refractivity contribution in [1.29, 1.82) is 0 Å². The summed E-state index contributed by atoms with van der Waals surface area (Å²) in [6, 6.07) is 11.8. The highest BCUT2D eigenvalue weighted by Gasteiger charge is 2.19. The smallest absolute Gasteiger partial charge is 0.262 e. The molecule has 1 heterocycles. The lowest BCUT2D eigenvalue weighted by atomic mass is 10.2. The van der Waals surface area contributed by atoms with Crippen LogP contribution >= 0.6 is 11.8 Å². The molecular weight excluding hydrogens is 460 g/mol. The van der Waals surface area contributed by atoms with Gasteiger partial charge < -0.3 is 5.32 Å². The van der Waals surface area contributed by atoms with Gasteiger partial charge in [-0.05, 0) is 43.2 Å². The number of nitrogens with zero attached hydrogens (tertiary/aromatic N) is 3. The molecular formula is C23H28N4O4S2. The van der Waals surface area contributed by atoms with Crippen molar-refractivity contribution in [2.45, 2.75) is 43.3 Å². The average molecular weight is 489 g/mol. The van der Waals surface area contributed by atoms with Crippen LogP contribution in [0.5, 0.6) is 0 Å². The SMILES string of the molecule is CCCCn1c(SCC(=O)Nc2cc(S(=O)(=O)N(C)C)ccc2C)nc2ccccc2c1=O. The molecule has 8 nitrogen and oxygen atoms in total. The largest absolute Gasteiger partial charge is 0.325 e. The van der Waals surface area contributed by atoms with Crippen molar-refractivity contribution in [2.75, 3.05) is 25.2 Å². The fourth-order valence-corrected chi connectivity index (χ4v) is 4.95. The van der Waals surface area contributed by atoms with E-state index in [1.807, 2.05) is 19.1 Å². The Balaban J connectivity index is 1.82. The molecule has 0 saturated heterocycles.